The van der Waals surface area contributed by atoms with Crippen LogP contribution in [0.5, 0.6) is 0 Å². The summed E-state index contributed by atoms with van der Waals surface area (Å²) < 4.78 is 0. The summed E-state index contributed by atoms with van der Waals surface area (Å²) in [5.41, 5.74) is 8.03. The highest BCUT2D eigenvalue weighted by Crippen LogP contribution is 2.21. The van der Waals surface area contributed by atoms with E-state index in [1.165, 1.54) is 0 Å². The Morgan fingerprint density at radius 3 is 2.81 bits per heavy atom. The minimum Gasteiger partial charge on any atom is -0.391 e. The second kappa shape index (κ2) is 5.34. The van der Waals surface area contributed by atoms with Crippen molar-refractivity contribution in [1.82, 2.24) is 4.98 Å². The average Bonchev–Trinajstić information content (AvgIpc) is 2.73. The molecule has 0 saturated carbocycles. The number of aliphatic hydroxyl groups excluding tert-OH is 1. The predicted molar refractivity (Wildman–Crippen MR) is 68.8 cm³/mol. The number of hydrogen-bond donors (Lipinski definition) is 3. The van der Waals surface area contributed by atoms with E-state index in [4.69, 9.17) is 5.73 Å². The Hall–Kier alpha value is -1.03. The van der Waals surface area contributed by atoms with E-state index < -0.39 is 6.10 Å². The summed E-state index contributed by atoms with van der Waals surface area (Å²) in [7, 11) is 0. The van der Waals surface area contributed by atoms with Gasteiger partial charge in [-0.3, -0.25) is 0 Å². The van der Waals surface area contributed by atoms with Crippen molar-refractivity contribution in [3.05, 3.63) is 36.0 Å². The molecule has 3 nitrogen and oxygen atoms in total. The number of rotatable bonds is 3. The Labute approximate surface area is 101 Å². The van der Waals surface area contributed by atoms with Gasteiger partial charge in [0.15, 0.2) is 0 Å². The highest BCUT2D eigenvalue weighted by atomic mass is 35.5. The normalized spacial score (nSPS) is 14.4. The van der Waals surface area contributed by atoms with E-state index in [0.29, 0.717) is 6.42 Å². The SMILES string of the molecule is CC[C@H](O)[C@H](N)c1ccc2[nH]ccc2c1.Cl. The third kappa shape index (κ3) is 2.38. The number of nitrogens with two attached hydrogens (primary N) is 1. The molecule has 2 atom stereocenters. The first-order valence-electron chi connectivity index (χ1n) is 5.23. The molecule has 0 spiro atoms. The second-order valence-electron chi connectivity index (χ2n) is 3.83. The molecule has 2 rings (SSSR count). The largest absolute Gasteiger partial charge is 0.391 e. The van der Waals surface area contributed by atoms with Gasteiger partial charge >= 0.3 is 0 Å². The molecule has 0 amide bonds. The number of hydrogen-bond acceptors (Lipinski definition) is 2. The minimum absolute atomic E-state index is 0. The molecule has 1 aromatic carbocycles. The Bertz CT molecular complexity index is 455. The fourth-order valence-electron chi connectivity index (χ4n) is 1.76. The van der Waals surface area contributed by atoms with E-state index in [-0.39, 0.29) is 18.4 Å². The van der Waals surface area contributed by atoms with Gasteiger partial charge in [-0.1, -0.05) is 13.0 Å². The summed E-state index contributed by atoms with van der Waals surface area (Å²) in [4.78, 5) is 3.13. The first-order chi connectivity index (χ1) is 7.22. The summed E-state index contributed by atoms with van der Waals surface area (Å²) in [5.74, 6) is 0. The minimum atomic E-state index is -0.471. The quantitative estimate of drug-likeness (QED) is 0.771. The summed E-state index contributed by atoms with van der Waals surface area (Å²) >= 11 is 0. The molecule has 88 valence electrons. The molecule has 0 radical (unpaired) electrons. The first kappa shape index (κ1) is 13.0. The second-order valence-corrected chi connectivity index (χ2v) is 3.83. The highest BCUT2D eigenvalue weighted by molar-refractivity contribution is 5.85. The van der Waals surface area contributed by atoms with Crippen LogP contribution in [0.4, 0.5) is 0 Å². The molecule has 1 heterocycles. The number of benzene rings is 1. The number of halogens is 1. The van der Waals surface area contributed by atoms with Gasteiger partial charge in [0.1, 0.15) is 0 Å². The van der Waals surface area contributed by atoms with Crippen molar-refractivity contribution < 1.29 is 5.11 Å². The number of aromatic amines is 1. The molecular formula is C12H17ClN2O. The summed E-state index contributed by atoms with van der Waals surface area (Å²) in [6.45, 7) is 1.93. The third-order valence-electron chi connectivity index (χ3n) is 2.80. The molecule has 0 aliphatic carbocycles. The average molecular weight is 241 g/mol. The van der Waals surface area contributed by atoms with Crippen LogP contribution in [0, 0.1) is 0 Å². The molecule has 4 N–H and O–H groups in total. The van der Waals surface area contributed by atoms with Gasteiger partial charge in [-0.2, -0.15) is 0 Å². The molecular weight excluding hydrogens is 224 g/mol. The zero-order valence-electron chi connectivity index (χ0n) is 9.18. The molecule has 0 aliphatic rings. The van der Waals surface area contributed by atoms with Crippen LogP contribution in [-0.2, 0) is 0 Å². The number of aliphatic hydroxyl groups is 1. The molecule has 0 saturated heterocycles. The van der Waals surface area contributed by atoms with Gasteiger partial charge in [0, 0.05) is 11.7 Å². The van der Waals surface area contributed by atoms with E-state index in [1.807, 2.05) is 37.4 Å². The van der Waals surface area contributed by atoms with Gasteiger partial charge in [0.25, 0.3) is 0 Å². The third-order valence-corrected chi connectivity index (χ3v) is 2.80. The molecule has 4 heteroatoms. The monoisotopic (exact) mass is 240 g/mol. The lowest BCUT2D eigenvalue weighted by atomic mass is 9.99. The maximum atomic E-state index is 9.67. The standard InChI is InChI=1S/C12H16N2O.ClH/c1-2-11(15)12(13)9-3-4-10-8(7-9)5-6-14-10;/h3-7,11-12,14-15H,2,13H2,1H3;1H/t11-,12+;/m0./s1. The number of nitrogens with one attached hydrogen (secondary N) is 1. The van der Waals surface area contributed by atoms with Crippen LogP contribution in [0.1, 0.15) is 24.9 Å². The van der Waals surface area contributed by atoms with Crippen LogP contribution in [0.3, 0.4) is 0 Å². The van der Waals surface area contributed by atoms with Crippen molar-refractivity contribution >= 4 is 23.3 Å². The van der Waals surface area contributed by atoms with E-state index in [1.54, 1.807) is 0 Å². The topological polar surface area (TPSA) is 62.0 Å². The van der Waals surface area contributed by atoms with Crippen LogP contribution >= 0.6 is 12.4 Å². The van der Waals surface area contributed by atoms with Crippen LogP contribution in [0.2, 0.25) is 0 Å². The number of H-pyrrole nitrogens is 1. The Balaban J connectivity index is 0.00000128. The van der Waals surface area contributed by atoms with E-state index in [2.05, 4.69) is 4.98 Å². The molecule has 0 aliphatic heterocycles. The predicted octanol–water partition coefficient (Wildman–Crippen LogP) is 2.36. The number of aromatic nitrogens is 1. The van der Waals surface area contributed by atoms with Gasteiger partial charge in [-0.05, 0) is 35.6 Å². The van der Waals surface area contributed by atoms with Crippen molar-refractivity contribution in [2.24, 2.45) is 5.73 Å². The molecule has 0 fully saturated rings. The molecule has 16 heavy (non-hydrogen) atoms. The lowest BCUT2D eigenvalue weighted by Crippen LogP contribution is -2.25. The van der Waals surface area contributed by atoms with Crippen LogP contribution in [0.25, 0.3) is 10.9 Å². The van der Waals surface area contributed by atoms with E-state index in [9.17, 15) is 5.11 Å². The Kier molecular flexibility index (Phi) is 4.35. The van der Waals surface area contributed by atoms with Crippen molar-refractivity contribution in [1.29, 1.82) is 0 Å². The van der Waals surface area contributed by atoms with Gasteiger partial charge in [-0.25, -0.2) is 0 Å². The van der Waals surface area contributed by atoms with Gasteiger partial charge in [0.05, 0.1) is 12.1 Å². The smallest absolute Gasteiger partial charge is 0.0730 e. The van der Waals surface area contributed by atoms with Gasteiger partial charge in [0.2, 0.25) is 0 Å². The molecule has 2 aromatic rings. The fourth-order valence-corrected chi connectivity index (χ4v) is 1.76. The summed E-state index contributed by atoms with van der Waals surface area (Å²) in [6.07, 6.45) is 2.10. The molecule has 0 bridgehead atoms. The van der Waals surface area contributed by atoms with Crippen LogP contribution < -0.4 is 5.73 Å². The van der Waals surface area contributed by atoms with Gasteiger partial charge < -0.3 is 15.8 Å². The van der Waals surface area contributed by atoms with E-state index >= 15 is 0 Å². The van der Waals surface area contributed by atoms with Crippen LogP contribution in [-0.4, -0.2) is 16.2 Å². The number of fused-ring (bicyclic) bond motifs is 1. The van der Waals surface area contributed by atoms with Crippen molar-refractivity contribution in [3.8, 4) is 0 Å². The zero-order chi connectivity index (χ0) is 10.8. The maximum Gasteiger partial charge on any atom is 0.0730 e. The first-order valence-corrected chi connectivity index (χ1v) is 5.23. The zero-order valence-corrected chi connectivity index (χ0v) is 10.00. The lowest BCUT2D eigenvalue weighted by Gasteiger charge is -2.17. The Morgan fingerprint density at radius 2 is 2.12 bits per heavy atom. The fraction of sp³-hybridized carbons (Fsp3) is 0.333. The summed E-state index contributed by atoms with van der Waals surface area (Å²) in [6, 6.07) is 7.68. The van der Waals surface area contributed by atoms with Crippen molar-refractivity contribution in [2.75, 3.05) is 0 Å². The Morgan fingerprint density at radius 1 is 1.38 bits per heavy atom. The van der Waals surface area contributed by atoms with Crippen molar-refractivity contribution in [2.45, 2.75) is 25.5 Å². The molecule has 1 aromatic heterocycles. The lowest BCUT2D eigenvalue weighted by molar-refractivity contribution is 0.141. The molecule has 0 unspecified atom stereocenters. The summed E-state index contributed by atoms with van der Waals surface area (Å²) in [5, 5.41) is 10.8. The van der Waals surface area contributed by atoms with Crippen molar-refractivity contribution in [3.63, 3.8) is 0 Å². The highest BCUT2D eigenvalue weighted by Gasteiger charge is 2.14. The van der Waals surface area contributed by atoms with Crippen LogP contribution in [0.15, 0.2) is 30.5 Å². The van der Waals surface area contributed by atoms with E-state index in [0.717, 1.165) is 16.5 Å². The maximum absolute atomic E-state index is 9.67. The van der Waals surface area contributed by atoms with Gasteiger partial charge in [-0.15, -0.1) is 12.4 Å².